The lowest BCUT2D eigenvalue weighted by Crippen LogP contribution is -2.21. The highest BCUT2D eigenvalue weighted by atomic mass is 16.5. The summed E-state index contributed by atoms with van der Waals surface area (Å²) in [5.41, 5.74) is 1.34. The van der Waals surface area contributed by atoms with Gasteiger partial charge in [-0.05, 0) is 18.1 Å². The number of rotatable bonds is 8. The molecule has 0 radical (unpaired) electrons. The Labute approximate surface area is 98.8 Å². The molecule has 1 aromatic rings. The molecule has 0 bridgehead atoms. The maximum absolute atomic E-state index is 5.46. The fraction of sp³-hybridized carbons (Fsp3) is 0.692. The van der Waals surface area contributed by atoms with E-state index in [-0.39, 0.29) is 0 Å². The van der Waals surface area contributed by atoms with E-state index in [1.54, 1.807) is 0 Å². The molecular weight excluding hydrogens is 200 g/mol. The zero-order valence-electron chi connectivity index (χ0n) is 10.7. The first-order valence-electron chi connectivity index (χ1n) is 6.18. The lowest BCUT2D eigenvalue weighted by molar-refractivity contribution is 0.127. The predicted molar refractivity (Wildman–Crippen MR) is 67.5 cm³/mol. The van der Waals surface area contributed by atoms with Gasteiger partial charge in [-0.2, -0.15) is 0 Å². The van der Waals surface area contributed by atoms with Crippen LogP contribution in [0.25, 0.3) is 0 Å². The van der Waals surface area contributed by atoms with Gasteiger partial charge in [-0.3, -0.25) is 0 Å². The zero-order valence-corrected chi connectivity index (χ0v) is 10.7. The van der Waals surface area contributed by atoms with Crippen molar-refractivity contribution in [1.29, 1.82) is 0 Å². The molecule has 16 heavy (non-hydrogen) atoms. The fourth-order valence-electron chi connectivity index (χ4n) is 1.47. The molecule has 1 aromatic heterocycles. The number of nitrogens with zero attached hydrogens (tertiary/aromatic N) is 1. The largest absolute Gasteiger partial charge is 0.380 e. The highest BCUT2D eigenvalue weighted by Gasteiger charge is 1.98. The van der Waals surface area contributed by atoms with Gasteiger partial charge in [-0.25, -0.2) is 0 Å². The first-order valence-corrected chi connectivity index (χ1v) is 6.18. The summed E-state index contributed by atoms with van der Waals surface area (Å²) in [5, 5.41) is 3.41. The van der Waals surface area contributed by atoms with E-state index in [4.69, 9.17) is 4.74 Å². The van der Waals surface area contributed by atoms with Crippen LogP contribution in [0.15, 0.2) is 18.5 Å². The molecule has 1 N–H and O–H groups in total. The number of hydrogen-bond acceptors (Lipinski definition) is 2. The van der Waals surface area contributed by atoms with Crippen molar-refractivity contribution in [2.75, 3.05) is 13.2 Å². The second kappa shape index (κ2) is 7.47. The van der Waals surface area contributed by atoms with Crippen LogP contribution in [-0.2, 0) is 17.8 Å². The predicted octanol–water partition coefficient (Wildman–Crippen LogP) is 2.41. The first-order chi connectivity index (χ1) is 7.72. The van der Waals surface area contributed by atoms with Crippen LogP contribution in [0.1, 0.15) is 32.8 Å². The minimum absolute atomic E-state index is 0.538. The van der Waals surface area contributed by atoms with Crippen LogP contribution in [0, 0.1) is 0 Å². The summed E-state index contributed by atoms with van der Waals surface area (Å²) < 4.78 is 7.65. The topological polar surface area (TPSA) is 26.2 Å². The minimum Gasteiger partial charge on any atom is -0.380 e. The van der Waals surface area contributed by atoms with Crippen LogP contribution < -0.4 is 5.32 Å². The highest BCUT2D eigenvalue weighted by Crippen LogP contribution is 2.01. The Morgan fingerprint density at radius 1 is 1.38 bits per heavy atom. The van der Waals surface area contributed by atoms with E-state index < -0.39 is 0 Å². The molecule has 92 valence electrons. The van der Waals surface area contributed by atoms with Gasteiger partial charge in [-0.1, -0.05) is 20.8 Å². The second-order valence-electron chi connectivity index (χ2n) is 4.41. The molecule has 0 aromatic carbocycles. The standard InChI is InChI=1S/C13H24N2O/c1-4-8-16-9-7-15-6-5-13(11-15)10-14-12(2)3/h5-6,11-12,14H,4,7-10H2,1-3H3. The smallest absolute Gasteiger partial charge is 0.0645 e. The summed E-state index contributed by atoms with van der Waals surface area (Å²) in [5.74, 6) is 0. The molecule has 0 saturated heterocycles. The average molecular weight is 224 g/mol. The Kier molecular flexibility index (Phi) is 6.19. The van der Waals surface area contributed by atoms with E-state index in [0.29, 0.717) is 6.04 Å². The number of nitrogens with one attached hydrogen (secondary N) is 1. The molecule has 0 amide bonds. The van der Waals surface area contributed by atoms with E-state index >= 15 is 0 Å². The Hall–Kier alpha value is -0.800. The number of ether oxygens (including phenoxy) is 1. The van der Waals surface area contributed by atoms with Crippen LogP contribution in [0.2, 0.25) is 0 Å². The van der Waals surface area contributed by atoms with Crippen LogP contribution in [-0.4, -0.2) is 23.8 Å². The molecule has 3 nitrogen and oxygen atoms in total. The van der Waals surface area contributed by atoms with Crippen molar-refractivity contribution >= 4 is 0 Å². The van der Waals surface area contributed by atoms with Crippen LogP contribution in [0.5, 0.6) is 0 Å². The Morgan fingerprint density at radius 2 is 2.19 bits per heavy atom. The summed E-state index contributed by atoms with van der Waals surface area (Å²) in [4.78, 5) is 0. The zero-order chi connectivity index (χ0) is 11.8. The molecular formula is C13H24N2O. The van der Waals surface area contributed by atoms with Crippen LogP contribution >= 0.6 is 0 Å². The molecule has 0 aliphatic carbocycles. The van der Waals surface area contributed by atoms with Gasteiger partial charge >= 0.3 is 0 Å². The van der Waals surface area contributed by atoms with Gasteiger partial charge in [0.15, 0.2) is 0 Å². The van der Waals surface area contributed by atoms with Gasteiger partial charge in [0.2, 0.25) is 0 Å². The van der Waals surface area contributed by atoms with E-state index in [1.165, 1.54) is 5.56 Å². The van der Waals surface area contributed by atoms with E-state index in [9.17, 15) is 0 Å². The Balaban J connectivity index is 2.22. The third kappa shape index (κ3) is 5.33. The third-order valence-electron chi connectivity index (χ3n) is 2.37. The summed E-state index contributed by atoms with van der Waals surface area (Å²) in [6.07, 6.45) is 5.40. The Bertz CT molecular complexity index is 281. The fourth-order valence-corrected chi connectivity index (χ4v) is 1.47. The third-order valence-corrected chi connectivity index (χ3v) is 2.37. The number of aromatic nitrogens is 1. The monoisotopic (exact) mass is 224 g/mol. The van der Waals surface area contributed by atoms with Crippen molar-refractivity contribution in [2.24, 2.45) is 0 Å². The normalized spacial score (nSPS) is 11.2. The van der Waals surface area contributed by atoms with Gasteiger partial charge in [0.1, 0.15) is 0 Å². The van der Waals surface area contributed by atoms with Crippen LogP contribution in [0.4, 0.5) is 0 Å². The van der Waals surface area contributed by atoms with E-state index in [2.05, 4.69) is 49.1 Å². The molecule has 0 saturated carbocycles. The molecule has 0 unspecified atom stereocenters. The van der Waals surface area contributed by atoms with E-state index in [0.717, 1.165) is 32.7 Å². The molecule has 0 aliphatic heterocycles. The minimum atomic E-state index is 0.538. The highest BCUT2D eigenvalue weighted by molar-refractivity contribution is 5.09. The molecule has 1 rings (SSSR count). The molecule has 0 aliphatic rings. The second-order valence-corrected chi connectivity index (χ2v) is 4.41. The summed E-state index contributed by atoms with van der Waals surface area (Å²) in [6, 6.07) is 2.70. The summed E-state index contributed by atoms with van der Waals surface area (Å²) >= 11 is 0. The molecule has 0 spiro atoms. The molecule has 1 heterocycles. The van der Waals surface area contributed by atoms with Gasteiger partial charge in [0, 0.05) is 38.1 Å². The van der Waals surface area contributed by atoms with Gasteiger partial charge < -0.3 is 14.6 Å². The SMILES string of the molecule is CCCOCCn1ccc(CNC(C)C)c1. The van der Waals surface area contributed by atoms with Crippen molar-refractivity contribution in [3.8, 4) is 0 Å². The van der Waals surface area contributed by atoms with Crippen molar-refractivity contribution < 1.29 is 4.74 Å². The van der Waals surface area contributed by atoms with Gasteiger partial charge in [-0.15, -0.1) is 0 Å². The number of hydrogen-bond donors (Lipinski definition) is 1. The maximum atomic E-state index is 5.46. The van der Waals surface area contributed by atoms with Crippen molar-refractivity contribution in [3.63, 3.8) is 0 Å². The lowest BCUT2D eigenvalue weighted by atomic mass is 10.3. The van der Waals surface area contributed by atoms with Crippen molar-refractivity contribution in [1.82, 2.24) is 9.88 Å². The quantitative estimate of drug-likeness (QED) is 0.686. The van der Waals surface area contributed by atoms with Gasteiger partial charge in [0.05, 0.1) is 6.61 Å². The lowest BCUT2D eigenvalue weighted by Gasteiger charge is -2.06. The summed E-state index contributed by atoms with van der Waals surface area (Å²) in [7, 11) is 0. The molecule has 0 fully saturated rings. The molecule has 0 atom stereocenters. The first kappa shape index (κ1) is 13.3. The summed E-state index contributed by atoms with van der Waals surface area (Å²) in [6.45, 7) is 10.0. The maximum Gasteiger partial charge on any atom is 0.0645 e. The Morgan fingerprint density at radius 3 is 2.88 bits per heavy atom. The van der Waals surface area contributed by atoms with Crippen LogP contribution in [0.3, 0.4) is 0 Å². The van der Waals surface area contributed by atoms with Crippen molar-refractivity contribution in [2.45, 2.75) is 46.3 Å². The average Bonchev–Trinajstić information content (AvgIpc) is 2.70. The van der Waals surface area contributed by atoms with E-state index in [1.807, 2.05) is 0 Å². The van der Waals surface area contributed by atoms with Crippen molar-refractivity contribution in [3.05, 3.63) is 24.0 Å². The van der Waals surface area contributed by atoms with Gasteiger partial charge in [0.25, 0.3) is 0 Å². The molecule has 3 heteroatoms.